The van der Waals surface area contributed by atoms with E-state index in [1.807, 2.05) is 0 Å². The molecule has 6 heteroatoms. The van der Waals surface area contributed by atoms with Gasteiger partial charge in [0.1, 0.15) is 0 Å². The zero-order valence-corrected chi connectivity index (χ0v) is 12.4. The number of nitrogens with one attached hydrogen (secondary N) is 1. The summed E-state index contributed by atoms with van der Waals surface area (Å²) in [5.41, 5.74) is 0. The monoisotopic (exact) mass is 288 g/mol. The van der Waals surface area contributed by atoms with Crippen molar-refractivity contribution in [2.24, 2.45) is 0 Å². The van der Waals surface area contributed by atoms with Crippen LogP contribution < -0.4 is 5.32 Å². The highest BCUT2D eigenvalue weighted by Crippen LogP contribution is 2.30. The molecule has 3 saturated heterocycles. The van der Waals surface area contributed by atoms with E-state index in [0.717, 1.165) is 25.7 Å². The molecule has 2 bridgehead atoms. The van der Waals surface area contributed by atoms with E-state index in [1.165, 1.54) is 12.8 Å². The van der Waals surface area contributed by atoms with Crippen LogP contribution in [0.25, 0.3) is 0 Å². The van der Waals surface area contributed by atoms with Gasteiger partial charge in [-0.15, -0.1) is 0 Å². The fourth-order valence-corrected chi connectivity index (χ4v) is 5.27. The second kappa shape index (κ2) is 5.31. The number of piperidine rings is 1. The van der Waals surface area contributed by atoms with Gasteiger partial charge in [-0.3, -0.25) is 0 Å². The third kappa shape index (κ3) is 2.96. The van der Waals surface area contributed by atoms with Crippen LogP contribution >= 0.6 is 0 Å². The maximum atomic E-state index is 12.4. The summed E-state index contributed by atoms with van der Waals surface area (Å²) in [6.45, 7) is 0.710. The SMILES string of the molecule is CN(C1CC2CCC(C1)N2)S(=O)(=O)CC1CCCO1. The van der Waals surface area contributed by atoms with Crippen LogP contribution in [0.2, 0.25) is 0 Å². The molecule has 3 atom stereocenters. The molecule has 0 spiro atoms. The molecule has 19 heavy (non-hydrogen) atoms. The number of hydrogen-bond donors (Lipinski definition) is 1. The Bertz CT molecular complexity index is 408. The lowest BCUT2D eigenvalue weighted by Crippen LogP contribution is -2.49. The molecule has 3 aliphatic rings. The van der Waals surface area contributed by atoms with Crippen molar-refractivity contribution in [1.29, 1.82) is 0 Å². The Kier molecular flexibility index (Phi) is 3.86. The van der Waals surface area contributed by atoms with Crippen molar-refractivity contribution in [3.8, 4) is 0 Å². The third-order valence-electron chi connectivity index (χ3n) is 4.82. The van der Waals surface area contributed by atoms with Gasteiger partial charge >= 0.3 is 0 Å². The molecule has 0 aromatic rings. The van der Waals surface area contributed by atoms with Crippen LogP contribution in [0.1, 0.15) is 38.5 Å². The van der Waals surface area contributed by atoms with E-state index in [4.69, 9.17) is 4.74 Å². The molecule has 1 N–H and O–H groups in total. The zero-order valence-electron chi connectivity index (χ0n) is 11.5. The lowest BCUT2D eigenvalue weighted by atomic mass is 10.0. The maximum absolute atomic E-state index is 12.4. The van der Waals surface area contributed by atoms with Gasteiger partial charge in [-0.05, 0) is 38.5 Å². The van der Waals surface area contributed by atoms with E-state index in [0.29, 0.717) is 18.7 Å². The third-order valence-corrected chi connectivity index (χ3v) is 6.79. The van der Waals surface area contributed by atoms with Crippen molar-refractivity contribution >= 4 is 10.0 Å². The van der Waals surface area contributed by atoms with Gasteiger partial charge in [0.15, 0.2) is 0 Å². The largest absolute Gasteiger partial charge is 0.377 e. The first kappa shape index (κ1) is 13.8. The normalized spacial score (nSPS) is 39.1. The van der Waals surface area contributed by atoms with E-state index < -0.39 is 10.0 Å². The topological polar surface area (TPSA) is 58.6 Å². The smallest absolute Gasteiger partial charge is 0.216 e. The summed E-state index contributed by atoms with van der Waals surface area (Å²) in [7, 11) is -1.43. The molecular formula is C13H24N2O3S. The molecule has 0 aromatic carbocycles. The van der Waals surface area contributed by atoms with Crippen LogP contribution in [0.3, 0.4) is 0 Å². The molecule has 0 radical (unpaired) electrons. The van der Waals surface area contributed by atoms with Crippen LogP contribution in [0.5, 0.6) is 0 Å². The molecule has 3 heterocycles. The maximum Gasteiger partial charge on any atom is 0.216 e. The van der Waals surface area contributed by atoms with Gasteiger partial charge in [-0.25, -0.2) is 12.7 Å². The van der Waals surface area contributed by atoms with Crippen LogP contribution in [0.4, 0.5) is 0 Å². The highest BCUT2D eigenvalue weighted by molar-refractivity contribution is 7.89. The summed E-state index contributed by atoms with van der Waals surface area (Å²) in [6.07, 6.45) is 6.08. The van der Waals surface area contributed by atoms with E-state index >= 15 is 0 Å². The Balaban J connectivity index is 1.63. The van der Waals surface area contributed by atoms with Crippen molar-refractivity contribution in [3.05, 3.63) is 0 Å². The molecule has 0 amide bonds. The van der Waals surface area contributed by atoms with Crippen molar-refractivity contribution in [3.63, 3.8) is 0 Å². The summed E-state index contributed by atoms with van der Waals surface area (Å²) >= 11 is 0. The highest BCUT2D eigenvalue weighted by atomic mass is 32.2. The molecule has 0 aromatic heterocycles. The van der Waals surface area contributed by atoms with Gasteiger partial charge in [0.25, 0.3) is 0 Å². The number of sulfonamides is 1. The fourth-order valence-electron chi connectivity index (χ4n) is 3.68. The number of fused-ring (bicyclic) bond motifs is 2. The predicted molar refractivity (Wildman–Crippen MR) is 73.5 cm³/mol. The molecule has 0 aliphatic carbocycles. The Morgan fingerprint density at radius 2 is 1.89 bits per heavy atom. The standard InChI is InChI=1S/C13H24N2O3S/c1-15(12-7-10-4-5-11(8-12)14-10)19(16,17)9-13-3-2-6-18-13/h10-14H,2-9H2,1H3. The van der Waals surface area contributed by atoms with Gasteiger partial charge < -0.3 is 10.1 Å². The molecule has 0 saturated carbocycles. The van der Waals surface area contributed by atoms with E-state index in [-0.39, 0.29) is 17.9 Å². The first-order chi connectivity index (χ1) is 9.04. The fraction of sp³-hybridized carbons (Fsp3) is 1.00. The lowest BCUT2D eigenvalue weighted by molar-refractivity contribution is 0.125. The average Bonchev–Trinajstić information content (AvgIpc) is 2.98. The first-order valence-corrected chi connectivity index (χ1v) is 8.99. The van der Waals surface area contributed by atoms with Crippen LogP contribution in [0.15, 0.2) is 0 Å². The van der Waals surface area contributed by atoms with Gasteiger partial charge in [0.2, 0.25) is 10.0 Å². The molecule has 5 nitrogen and oxygen atoms in total. The molecular weight excluding hydrogens is 264 g/mol. The van der Waals surface area contributed by atoms with Crippen molar-refractivity contribution in [1.82, 2.24) is 9.62 Å². The van der Waals surface area contributed by atoms with E-state index in [1.54, 1.807) is 11.4 Å². The molecule has 3 fully saturated rings. The number of ether oxygens (including phenoxy) is 1. The summed E-state index contributed by atoms with van der Waals surface area (Å²) in [4.78, 5) is 0. The first-order valence-electron chi connectivity index (χ1n) is 7.38. The van der Waals surface area contributed by atoms with E-state index in [2.05, 4.69) is 5.32 Å². The van der Waals surface area contributed by atoms with E-state index in [9.17, 15) is 8.42 Å². The van der Waals surface area contributed by atoms with Gasteiger partial charge in [0, 0.05) is 31.8 Å². The van der Waals surface area contributed by atoms with Crippen molar-refractivity contribution < 1.29 is 13.2 Å². The quantitative estimate of drug-likeness (QED) is 0.828. The Hall–Kier alpha value is -0.170. The lowest BCUT2D eigenvalue weighted by Gasteiger charge is -2.35. The molecule has 3 unspecified atom stereocenters. The highest BCUT2D eigenvalue weighted by Gasteiger charge is 2.39. The zero-order chi connectivity index (χ0) is 13.5. The van der Waals surface area contributed by atoms with Gasteiger partial charge in [-0.1, -0.05) is 0 Å². The number of hydrogen-bond acceptors (Lipinski definition) is 4. The number of nitrogens with zero attached hydrogens (tertiary/aromatic N) is 1. The number of rotatable bonds is 4. The molecule has 3 rings (SSSR count). The van der Waals surface area contributed by atoms with Crippen LogP contribution in [0, 0.1) is 0 Å². The summed E-state index contributed by atoms with van der Waals surface area (Å²) in [6, 6.07) is 1.21. The Labute approximate surface area is 115 Å². The van der Waals surface area contributed by atoms with Crippen LogP contribution in [-0.2, 0) is 14.8 Å². The minimum atomic E-state index is -3.18. The molecule has 110 valence electrons. The predicted octanol–water partition coefficient (Wildman–Crippen LogP) is 0.710. The minimum absolute atomic E-state index is 0.0918. The second-order valence-corrected chi connectivity index (χ2v) is 8.27. The average molecular weight is 288 g/mol. The van der Waals surface area contributed by atoms with Crippen molar-refractivity contribution in [2.75, 3.05) is 19.4 Å². The Morgan fingerprint density at radius 3 is 2.47 bits per heavy atom. The molecule has 3 aliphatic heterocycles. The van der Waals surface area contributed by atoms with Crippen LogP contribution in [-0.4, -0.2) is 56.4 Å². The summed E-state index contributed by atoms with van der Waals surface area (Å²) in [5, 5.41) is 3.55. The summed E-state index contributed by atoms with van der Waals surface area (Å²) < 4.78 is 32.0. The van der Waals surface area contributed by atoms with Gasteiger partial charge in [-0.2, -0.15) is 0 Å². The van der Waals surface area contributed by atoms with Gasteiger partial charge in [0.05, 0.1) is 11.9 Å². The second-order valence-electron chi connectivity index (χ2n) is 6.19. The Morgan fingerprint density at radius 1 is 1.21 bits per heavy atom. The minimum Gasteiger partial charge on any atom is -0.377 e. The summed E-state index contributed by atoms with van der Waals surface area (Å²) in [5.74, 6) is 0.156. The van der Waals surface area contributed by atoms with Crippen molar-refractivity contribution in [2.45, 2.75) is 62.8 Å².